The van der Waals surface area contributed by atoms with Crippen molar-refractivity contribution in [3.63, 3.8) is 0 Å². The van der Waals surface area contributed by atoms with Gasteiger partial charge >= 0.3 is 6.23 Å². The van der Waals surface area contributed by atoms with E-state index >= 15 is 0 Å². The van der Waals surface area contributed by atoms with Gasteiger partial charge in [-0.2, -0.15) is 0 Å². The molecule has 2 N–H and O–H groups in total. The lowest BCUT2D eigenvalue weighted by Gasteiger charge is -1.87. The number of nitro groups is 1. The second kappa shape index (κ2) is 5.96. The second-order valence-corrected chi connectivity index (χ2v) is 1.44. The van der Waals surface area contributed by atoms with Crippen molar-refractivity contribution < 1.29 is 19.9 Å². The van der Waals surface area contributed by atoms with Gasteiger partial charge in [0.25, 0.3) is 5.97 Å². The van der Waals surface area contributed by atoms with Crippen LogP contribution in [0.3, 0.4) is 0 Å². The van der Waals surface area contributed by atoms with Crippen molar-refractivity contribution in [1.82, 2.24) is 0 Å². The van der Waals surface area contributed by atoms with Crippen LogP contribution in [0.2, 0.25) is 0 Å². The number of aliphatic hydroxyl groups is 1. The summed E-state index contributed by atoms with van der Waals surface area (Å²) in [6.45, 7) is 2.18. The Morgan fingerprint density at radius 1 is 1.70 bits per heavy atom. The zero-order valence-electron chi connectivity index (χ0n) is 5.64. The SMILES string of the molecule is CC(=O)O.CC(O)[N+](=O)[O-]. The molecule has 0 heterocycles. The number of carboxylic acid groups (broad SMARTS) is 1. The lowest BCUT2D eigenvalue weighted by atomic mass is 10.7. The average Bonchev–Trinajstić information content (AvgIpc) is 1.63. The minimum atomic E-state index is -1.43. The average molecular weight is 151 g/mol. The number of carbonyl (C=O) groups is 1. The Morgan fingerprint density at radius 2 is 1.80 bits per heavy atom. The molecular weight excluding hydrogens is 142 g/mol. The first-order chi connectivity index (χ1) is 4.37. The van der Waals surface area contributed by atoms with Crippen LogP contribution in [0, 0.1) is 10.1 Å². The highest BCUT2D eigenvalue weighted by Gasteiger charge is 2.01. The highest BCUT2D eigenvalue weighted by atomic mass is 16.7. The van der Waals surface area contributed by atoms with Crippen LogP contribution in [0.15, 0.2) is 0 Å². The summed E-state index contributed by atoms with van der Waals surface area (Å²) < 4.78 is 0. The van der Waals surface area contributed by atoms with Gasteiger partial charge in [-0.25, -0.2) is 0 Å². The van der Waals surface area contributed by atoms with E-state index in [2.05, 4.69) is 0 Å². The fourth-order valence-corrected chi connectivity index (χ4v) is 0. The summed E-state index contributed by atoms with van der Waals surface area (Å²) in [7, 11) is 0. The Labute approximate surface area is 57.2 Å². The first-order valence-electron chi connectivity index (χ1n) is 2.39. The summed E-state index contributed by atoms with van der Waals surface area (Å²) in [5.74, 6) is -0.833. The topological polar surface area (TPSA) is 101 Å². The Hall–Kier alpha value is -1.17. The van der Waals surface area contributed by atoms with Crippen LogP contribution in [0.1, 0.15) is 13.8 Å². The van der Waals surface area contributed by atoms with Gasteiger partial charge in [-0.05, 0) is 0 Å². The molecule has 0 aliphatic heterocycles. The Morgan fingerprint density at radius 3 is 1.80 bits per heavy atom. The van der Waals surface area contributed by atoms with Crippen LogP contribution in [-0.4, -0.2) is 27.3 Å². The number of hydrogen-bond donors (Lipinski definition) is 2. The van der Waals surface area contributed by atoms with Gasteiger partial charge in [0.05, 0.1) is 4.92 Å². The number of aliphatic carboxylic acids is 1. The number of nitrogens with zero attached hydrogens (tertiary/aromatic N) is 1. The zero-order chi connectivity index (χ0) is 8.73. The lowest BCUT2D eigenvalue weighted by Crippen LogP contribution is -2.12. The van der Waals surface area contributed by atoms with E-state index in [0.29, 0.717) is 0 Å². The smallest absolute Gasteiger partial charge is 0.310 e. The third-order valence-corrected chi connectivity index (χ3v) is 0.305. The third kappa shape index (κ3) is 29.0. The van der Waals surface area contributed by atoms with E-state index in [-0.39, 0.29) is 0 Å². The van der Waals surface area contributed by atoms with E-state index in [1.54, 1.807) is 0 Å². The van der Waals surface area contributed by atoms with Gasteiger partial charge in [0.15, 0.2) is 0 Å². The molecule has 0 aromatic carbocycles. The maximum Gasteiger partial charge on any atom is 0.310 e. The second-order valence-electron chi connectivity index (χ2n) is 1.44. The van der Waals surface area contributed by atoms with Crippen LogP contribution < -0.4 is 0 Å². The monoisotopic (exact) mass is 151 g/mol. The fraction of sp³-hybridized carbons (Fsp3) is 0.750. The van der Waals surface area contributed by atoms with Gasteiger partial charge < -0.3 is 10.2 Å². The Kier molecular flexibility index (Phi) is 6.91. The number of rotatable bonds is 1. The molecular formula is C4H9NO5. The minimum absolute atomic E-state index is 0.778. The molecule has 0 saturated heterocycles. The number of hydrogen-bond acceptors (Lipinski definition) is 4. The molecule has 6 nitrogen and oxygen atoms in total. The molecule has 0 rings (SSSR count). The van der Waals surface area contributed by atoms with Crippen molar-refractivity contribution in [3.8, 4) is 0 Å². The quantitative estimate of drug-likeness (QED) is 0.304. The maximum atomic E-state index is 9.25. The molecule has 0 aromatic heterocycles. The van der Waals surface area contributed by atoms with Crippen molar-refractivity contribution in [2.45, 2.75) is 20.1 Å². The van der Waals surface area contributed by atoms with Crippen molar-refractivity contribution >= 4 is 5.97 Å². The molecule has 0 amide bonds. The molecule has 6 heteroatoms. The molecule has 0 fully saturated rings. The molecule has 60 valence electrons. The first-order valence-corrected chi connectivity index (χ1v) is 2.39. The summed E-state index contributed by atoms with van der Waals surface area (Å²) >= 11 is 0. The van der Waals surface area contributed by atoms with Gasteiger partial charge in [0, 0.05) is 13.8 Å². The van der Waals surface area contributed by atoms with Crippen molar-refractivity contribution in [3.05, 3.63) is 10.1 Å². The molecule has 1 unspecified atom stereocenters. The Bertz CT molecular complexity index is 117. The molecule has 0 bridgehead atoms. The molecule has 0 aliphatic carbocycles. The predicted molar refractivity (Wildman–Crippen MR) is 32.0 cm³/mol. The molecule has 0 aliphatic rings. The summed E-state index contributed by atoms with van der Waals surface area (Å²) in [5.41, 5.74) is 0. The van der Waals surface area contributed by atoms with Crippen LogP contribution >= 0.6 is 0 Å². The summed E-state index contributed by atoms with van der Waals surface area (Å²) in [6, 6.07) is 0. The molecule has 0 aromatic rings. The highest BCUT2D eigenvalue weighted by molar-refractivity contribution is 5.62. The van der Waals surface area contributed by atoms with Gasteiger partial charge in [0.2, 0.25) is 0 Å². The van der Waals surface area contributed by atoms with E-state index in [4.69, 9.17) is 15.0 Å². The third-order valence-electron chi connectivity index (χ3n) is 0.305. The molecule has 0 radical (unpaired) electrons. The Balaban J connectivity index is 0. The van der Waals surface area contributed by atoms with Crippen LogP contribution in [0.5, 0.6) is 0 Å². The largest absolute Gasteiger partial charge is 0.481 e. The lowest BCUT2D eigenvalue weighted by molar-refractivity contribution is -0.565. The van der Waals surface area contributed by atoms with Gasteiger partial charge in [-0.1, -0.05) is 0 Å². The highest BCUT2D eigenvalue weighted by Crippen LogP contribution is 1.75. The fourth-order valence-electron chi connectivity index (χ4n) is 0. The molecule has 10 heavy (non-hydrogen) atoms. The van der Waals surface area contributed by atoms with Crippen molar-refractivity contribution in [2.24, 2.45) is 0 Å². The van der Waals surface area contributed by atoms with E-state index in [1.807, 2.05) is 0 Å². The van der Waals surface area contributed by atoms with E-state index in [1.165, 1.54) is 0 Å². The molecule has 0 spiro atoms. The first kappa shape index (κ1) is 11.6. The van der Waals surface area contributed by atoms with Crippen molar-refractivity contribution in [2.75, 3.05) is 0 Å². The van der Waals surface area contributed by atoms with Crippen LogP contribution in [0.25, 0.3) is 0 Å². The van der Waals surface area contributed by atoms with Gasteiger partial charge in [-0.3, -0.25) is 14.9 Å². The normalized spacial score (nSPS) is 10.7. The van der Waals surface area contributed by atoms with Crippen LogP contribution in [0.4, 0.5) is 0 Å². The van der Waals surface area contributed by atoms with Crippen LogP contribution in [-0.2, 0) is 4.79 Å². The zero-order valence-corrected chi connectivity index (χ0v) is 5.64. The summed E-state index contributed by atoms with van der Waals surface area (Å²) in [6.07, 6.45) is -1.43. The maximum absolute atomic E-state index is 9.25. The number of carboxylic acids is 1. The molecule has 0 saturated carbocycles. The number of aliphatic hydroxyl groups excluding tert-OH is 1. The summed E-state index contributed by atoms with van der Waals surface area (Å²) in [4.78, 5) is 17.5. The van der Waals surface area contributed by atoms with Crippen molar-refractivity contribution in [1.29, 1.82) is 0 Å². The summed E-state index contributed by atoms with van der Waals surface area (Å²) in [5, 5.41) is 24.6. The van der Waals surface area contributed by atoms with Gasteiger partial charge in [0.1, 0.15) is 0 Å². The van der Waals surface area contributed by atoms with Gasteiger partial charge in [-0.15, -0.1) is 0 Å². The minimum Gasteiger partial charge on any atom is -0.481 e. The van der Waals surface area contributed by atoms with E-state index < -0.39 is 17.1 Å². The van der Waals surface area contributed by atoms with E-state index in [0.717, 1.165) is 13.8 Å². The predicted octanol–water partition coefficient (Wildman–Crippen LogP) is -0.308. The molecule has 1 atom stereocenters. The van der Waals surface area contributed by atoms with E-state index in [9.17, 15) is 10.1 Å². The standard InChI is InChI=1S/C2H5NO3.C2H4O2/c1-2(4)3(5)6;1-2(3)4/h2,4H,1H3;1H3,(H,3,4).